The van der Waals surface area contributed by atoms with E-state index in [9.17, 15) is 9.59 Å². The third-order valence-corrected chi connectivity index (χ3v) is 5.66. The minimum Gasteiger partial charge on any atom is -0.489 e. The van der Waals surface area contributed by atoms with E-state index in [2.05, 4.69) is 10.4 Å². The van der Waals surface area contributed by atoms with Gasteiger partial charge in [0.2, 0.25) is 5.91 Å². The van der Waals surface area contributed by atoms with Gasteiger partial charge in [0.25, 0.3) is 5.91 Å². The van der Waals surface area contributed by atoms with E-state index in [1.807, 2.05) is 65.6 Å². The lowest BCUT2D eigenvalue weighted by Gasteiger charge is -2.31. The smallest absolute Gasteiger partial charge is 0.254 e. The Balaban J connectivity index is 1.21. The maximum Gasteiger partial charge on any atom is 0.254 e. The van der Waals surface area contributed by atoms with Gasteiger partial charge in [-0.3, -0.25) is 14.3 Å². The summed E-state index contributed by atoms with van der Waals surface area (Å²) >= 11 is 0. The van der Waals surface area contributed by atoms with Crippen LogP contribution in [0.4, 0.5) is 0 Å². The van der Waals surface area contributed by atoms with Crippen LogP contribution in [0.2, 0.25) is 0 Å². The van der Waals surface area contributed by atoms with Crippen LogP contribution in [0.25, 0.3) is 6.08 Å². The second-order valence-corrected chi connectivity index (χ2v) is 8.15. The van der Waals surface area contributed by atoms with Gasteiger partial charge in [-0.25, -0.2) is 0 Å². The molecule has 0 radical (unpaired) electrons. The number of aryl methyl sites for hydroxylation is 1. The second kappa shape index (κ2) is 10.6. The van der Waals surface area contributed by atoms with Crippen LogP contribution in [-0.2, 0) is 18.4 Å². The molecule has 170 valence electrons. The summed E-state index contributed by atoms with van der Waals surface area (Å²) in [7, 11) is 1.78. The molecule has 0 spiro atoms. The van der Waals surface area contributed by atoms with E-state index in [1.54, 1.807) is 30.2 Å². The average molecular weight is 445 g/mol. The van der Waals surface area contributed by atoms with Crippen molar-refractivity contribution in [2.75, 3.05) is 13.1 Å². The molecule has 1 N–H and O–H groups in total. The molecule has 0 bridgehead atoms. The highest BCUT2D eigenvalue weighted by Gasteiger charge is 2.23. The van der Waals surface area contributed by atoms with Crippen LogP contribution in [0.15, 0.2) is 73.1 Å². The van der Waals surface area contributed by atoms with Gasteiger partial charge in [0.1, 0.15) is 12.4 Å². The average Bonchev–Trinajstić information content (AvgIpc) is 3.29. The molecule has 1 fully saturated rings. The van der Waals surface area contributed by atoms with Crippen molar-refractivity contribution in [3.63, 3.8) is 0 Å². The minimum absolute atomic E-state index is 0.0172. The number of aromatic nitrogens is 2. The number of carbonyl (C=O) groups is 2. The monoisotopic (exact) mass is 444 g/mol. The highest BCUT2D eigenvalue weighted by molar-refractivity contribution is 5.94. The van der Waals surface area contributed by atoms with Gasteiger partial charge in [-0.2, -0.15) is 5.10 Å². The summed E-state index contributed by atoms with van der Waals surface area (Å²) in [6, 6.07) is 17.8. The first-order valence-electron chi connectivity index (χ1n) is 11.1. The highest BCUT2D eigenvalue weighted by Crippen LogP contribution is 2.16. The van der Waals surface area contributed by atoms with E-state index in [1.165, 1.54) is 0 Å². The molecule has 1 saturated heterocycles. The third kappa shape index (κ3) is 6.32. The Morgan fingerprint density at radius 1 is 1.09 bits per heavy atom. The molecule has 2 amide bonds. The number of rotatable bonds is 7. The van der Waals surface area contributed by atoms with E-state index in [0.29, 0.717) is 25.3 Å². The summed E-state index contributed by atoms with van der Waals surface area (Å²) in [6.07, 6.45) is 8.15. The molecular formula is C26H28N4O3. The fourth-order valence-electron chi connectivity index (χ4n) is 3.74. The fraction of sp³-hybridized carbons (Fsp3) is 0.269. The van der Waals surface area contributed by atoms with Crippen molar-refractivity contribution in [1.82, 2.24) is 20.0 Å². The first-order valence-corrected chi connectivity index (χ1v) is 11.1. The topological polar surface area (TPSA) is 76.5 Å². The predicted molar refractivity (Wildman–Crippen MR) is 127 cm³/mol. The molecule has 2 aromatic carbocycles. The lowest BCUT2D eigenvalue weighted by atomic mass is 10.0. The Kier molecular flexibility index (Phi) is 7.19. The van der Waals surface area contributed by atoms with Crippen molar-refractivity contribution >= 4 is 17.9 Å². The van der Waals surface area contributed by atoms with Crippen molar-refractivity contribution in [3.8, 4) is 5.75 Å². The number of ether oxygens (including phenoxy) is 1. The van der Waals surface area contributed by atoms with Crippen LogP contribution in [0.1, 0.15) is 34.3 Å². The van der Waals surface area contributed by atoms with Crippen LogP contribution in [0, 0.1) is 0 Å². The largest absolute Gasteiger partial charge is 0.489 e. The number of likely N-dealkylation sites (tertiary alicyclic amines) is 1. The van der Waals surface area contributed by atoms with Crippen LogP contribution in [0.3, 0.4) is 0 Å². The number of hydrogen-bond acceptors (Lipinski definition) is 4. The molecule has 0 unspecified atom stereocenters. The molecule has 3 aromatic rings. The molecular weight excluding hydrogens is 416 g/mol. The van der Waals surface area contributed by atoms with Gasteiger partial charge in [-0.15, -0.1) is 0 Å². The first-order chi connectivity index (χ1) is 16.1. The zero-order valence-electron chi connectivity index (χ0n) is 18.7. The van der Waals surface area contributed by atoms with Gasteiger partial charge in [0, 0.05) is 38.5 Å². The van der Waals surface area contributed by atoms with Gasteiger partial charge >= 0.3 is 0 Å². The highest BCUT2D eigenvalue weighted by atomic mass is 16.5. The predicted octanol–water partition coefficient (Wildman–Crippen LogP) is 3.43. The van der Waals surface area contributed by atoms with E-state index >= 15 is 0 Å². The quantitative estimate of drug-likeness (QED) is 0.567. The number of piperidine rings is 1. The Hall–Kier alpha value is -3.87. The minimum atomic E-state index is -0.121. The summed E-state index contributed by atoms with van der Waals surface area (Å²) in [4.78, 5) is 26.7. The van der Waals surface area contributed by atoms with Gasteiger partial charge < -0.3 is 15.0 Å². The van der Waals surface area contributed by atoms with Crippen molar-refractivity contribution in [3.05, 3.63) is 89.8 Å². The number of nitrogens with zero attached hydrogens (tertiary/aromatic N) is 3. The van der Waals surface area contributed by atoms with Crippen LogP contribution in [-0.4, -0.2) is 45.6 Å². The summed E-state index contributed by atoms with van der Waals surface area (Å²) in [5.41, 5.74) is 2.61. The summed E-state index contributed by atoms with van der Waals surface area (Å²) in [5, 5.41) is 7.06. The van der Waals surface area contributed by atoms with Gasteiger partial charge in [-0.1, -0.05) is 42.5 Å². The first kappa shape index (κ1) is 22.3. The Morgan fingerprint density at radius 2 is 1.82 bits per heavy atom. The van der Waals surface area contributed by atoms with Crippen molar-refractivity contribution in [1.29, 1.82) is 0 Å². The number of nitrogens with one attached hydrogen (secondary N) is 1. The molecule has 0 atom stereocenters. The molecule has 0 saturated carbocycles. The third-order valence-electron chi connectivity index (χ3n) is 5.66. The SMILES string of the molecule is Cn1cc(C(=O)NC2CCN(C(=O)/C=C/c3ccc(OCc4ccccc4)cc3)CC2)cn1. The molecule has 7 nitrogen and oxygen atoms in total. The number of benzene rings is 2. The Bertz CT molecular complexity index is 1100. The Morgan fingerprint density at radius 3 is 2.48 bits per heavy atom. The Labute approximate surface area is 193 Å². The molecule has 2 heterocycles. The van der Waals surface area contributed by atoms with Crippen molar-refractivity contribution in [2.24, 2.45) is 7.05 Å². The van der Waals surface area contributed by atoms with Gasteiger partial charge in [0.15, 0.2) is 0 Å². The fourth-order valence-corrected chi connectivity index (χ4v) is 3.74. The maximum absolute atomic E-state index is 12.6. The molecule has 1 aromatic heterocycles. The number of carbonyl (C=O) groups excluding carboxylic acids is 2. The van der Waals surface area contributed by atoms with E-state index < -0.39 is 0 Å². The zero-order chi connectivity index (χ0) is 23.0. The zero-order valence-corrected chi connectivity index (χ0v) is 18.7. The van der Waals surface area contributed by atoms with E-state index in [4.69, 9.17) is 4.74 Å². The summed E-state index contributed by atoms with van der Waals surface area (Å²) < 4.78 is 7.41. The summed E-state index contributed by atoms with van der Waals surface area (Å²) in [6.45, 7) is 1.76. The standard InChI is InChI=1S/C26H28N4O3/c1-29-18-22(17-27-29)26(32)28-23-13-15-30(16-14-23)25(31)12-9-20-7-10-24(11-8-20)33-19-21-5-3-2-4-6-21/h2-12,17-18,23H,13-16,19H2,1H3,(H,28,32)/b12-9+. The maximum atomic E-state index is 12.6. The lowest BCUT2D eigenvalue weighted by Crippen LogP contribution is -2.46. The van der Waals surface area contributed by atoms with Crippen molar-refractivity contribution in [2.45, 2.75) is 25.5 Å². The molecule has 1 aliphatic rings. The second-order valence-electron chi connectivity index (χ2n) is 8.15. The molecule has 1 aliphatic heterocycles. The lowest BCUT2D eigenvalue weighted by molar-refractivity contribution is -0.126. The molecule has 7 heteroatoms. The molecule has 0 aliphatic carbocycles. The van der Waals surface area contributed by atoms with Crippen LogP contribution < -0.4 is 10.1 Å². The van der Waals surface area contributed by atoms with E-state index in [-0.39, 0.29) is 17.9 Å². The van der Waals surface area contributed by atoms with Crippen LogP contribution >= 0.6 is 0 Å². The molecule has 33 heavy (non-hydrogen) atoms. The number of hydrogen-bond donors (Lipinski definition) is 1. The van der Waals surface area contributed by atoms with Crippen molar-refractivity contribution < 1.29 is 14.3 Å². The van der Waals surface area contributed by atoms with Gasteiger partial charge in [0.05, 0.1) is 11.8 Å². The number of amides is 2. The van der Waals surface area contributed by atoms with E-state index in [0.717, 1.165) is 29.7 Å². The molecule has 4 rings (SSSR count). The summed E-state index contributed by atoms with van der Waals surface area (Å²) in [5.74, 6) is 0.651. The van der Waals surface area contributed by atoms with Gasteiger partial charge in [-0.05, 0) is 42.2 Å². The van der Waals surface area contributed by atoms with Crippen LogP contribution in [0.5, 0.6) is 5.75 Å². The normalized spacial score (nSPS) is 14.4.